The van der Waals surface area contributed by atoms with E-state index in [-0.39, 0.29) is 5.76 Å². The minimum absolute atomic E-state index is 0.217. The second-order valence-corrected chi connectivity index (χ2v) is 8.38. The van der Waals surface area contributed by atoms with Crippen LogP contribution in [0.3, 0.4) is 0 Å². The van der Waals surface area contributed by atoms with E-state index in [2.05, 4.69) is 47.0 Å². The van der Waals surface area contributed by atoms with Crippen LogP contribution in [0.15, 0.2) is 73.1 Å². The Morgan fingerprint density at radius 1 is 1.10 bits per heavy atom. The molecular formula is C22H17Br2N3O2. The van der Waals surface area contributed by atoms with Gasteiger partial charge in [-0.15, -0.1) is 0 Å². The Morgan fingerprint density at radius 2 is 1.90 bits per heavy atom. The number of furan rings is 1. The van der Waals surface area contributed by atoms with Gasteiger partial charge in [0.15, 0.2) is 5.76 Å². The molecule has 2 aromatic heterocycles. The molecule has 0 aliphatic heterocycles. The van der Waals surface area contributed by atoms with E-state index in [1.165, 1.54) is 0 Å². The zero-order chi connectivity index (χ0) is 20.5. The number of amides is 1. The lowest BCUT2D eigenvalue weighted by molar-refractivity contribution is 0.0929. The minimum Gasteiger partial charge on any atom is -0.451 e. The Balaban J connectivity index is 1.54. The second kappa shape index (κ2) is 8.00. The molecule has 0 fully saturated rings. The highest BCUT2D eigenvalue weighted by molar-refractivity contribution is 9.10. The second-order valence-electron chi connectivity index (χ2n) is 6.61. The predicted molar refractivity (Wildman–Crippen MR) is 122 cm³/mol. The lowest BCUT2D eigenvalue weighted by Crippen LogP contribution is -2.16. The van der Waals surface area contributed by atoms with Crippen LogP contribution in [0, 0.1) is 13.8 Å². The first-order valence-electron chi connectivity index (χ1n) is 8.90. The molecule has 4 aromatic rings. The van der Waals surface area contributed by atoms with Crippen LogP contribution in [-0.4, -0.2) is 16.7 Å². The maximum Gasteiger partial charge on any atom is 0.307 e. The molecule has 0 bridgehead atoms. The summed E-state index contributed by atoms with van der Waals surface area (Å²) in [5.74, 6) is -0.179. The molecule has 146 valence electrons. The monoisotopic (exact) mass is 513 g/mol. The molecule has 4 rings (SSSR count). The summed E-state index contributed by atoms with van der Waals surface area (Å²) in [6, 6.07) is 17.3. The third-order valence-corrected chi connectivity index (χ3v) is 5.80. The van der Waals surface area contributed by atoms with E-state index in [0.29, 0.717) is 5.58 Å². The first-order valence-corrected chi connectivity index (χ1v) is 10.5. The first-order chi connectivity index (χ1) is 13.9. The molecular weight excluding hydrogens is 498 g/mol. The highest BCUT2D eigenvalue weighted by atomic mass is 79.9. The molecule has 0 unspecified atom stereocenters. The van der Waals surface area contributed by atoms with Gasteiger partial charge in [0.1, 0.15) is 5.58 Å². The van der Waals surface area contributed by atoms with Gasteiger partial charge < -0.3 is 8.98 Å². The van der Waals surface area contributed by atoms with Gasteiger partial charge in [-0.1, -0.05) is 28.1 Å². The van der Waals surface area contributed by atoms with Crippen molar-refractivity contribution < 1.29 is 9.21 Å². The van der Waals surface area contributed by atoms with Crippen LogP contribution < -0.4 is 5.43 Å². The van der Waals surface area contributed by atoms with Crippen molar-refractivity contribution in [1.82, 2.24) is 9.99 Å². The molecule has 0 radical (unpaired) electrons. The molecule has 2 heterocycles. The maximum atomic E-state index is 12.4. The van der Waals surface area contributed by atoms with Crippen molar-refractivity contribution in [3.05, 3.63) is 86.3 Å². The Labute approximate surface area is 184 Å². The van der Waals surface area contributed by atoms with Crippen LogP contribution in [0.25, 0.3) is 16.7 Å². The number of nitrogens with one attached hydrogen (secondary N) is 1. The number of nitrogens with zero attached hydrogens (tertiary/aromatic N) is 2. The Kier molecular flexibility index (Phi) is 5.43. The van der Waals surface area contributed by atoms with Gasteiger partial charge in [-0.2, -0.15) is 5.10 Å². The zero-order valence-electron chi connectivity index (χ0n) is 15.7. The van der Waals surface area contributed by atoms with Crippen molar-refractivity contribution in [2.75, 3.05) is 0 Å². The summed E-state index contributed by atoms with van der Waals surface area (Å²) >= 11 is 7.01. The van der Waals surface area contributed by atoms with Crippen LogP contribution in [0.4, 0.5) is 0 Å². The number of carbonyl (C=O) groups is 1. The normalized spacial score (nSPS) is 11.4. The third kappa shape index (κ3) is 3.93. The van der Waals surface area contributed by atoms with Gasteiger partial charge >= 0.3 is 5.91 Å². The quantitative estimate of drug-likeness (QED) is 0.263. The fourth-order valence-corrected chi connectivity index (χ4v) is 4.10. The summed E-state index contributed by atoms with van der Waals surface area (Å²) in [5, 5.41) is 4.97. The summed E-state index contributed by atoms with van der Waals surface area (Å²) in [5.41, 5.74) is 7.27. The van der Waals surface area contributed by atoms with Crippen LogP contribution >= 0.6 is 31.9 Å². The van der Waals surface area contributed by atoms with E-state index in [1.54, 1.807) is 12.3 Å². The van der Waals surface area contributed by atoms with Gasteiger partial charge in [0.05, 0.1) is 11.9 Å². The molecule has 29 heavy (non-hydrogen) atoms. The van der Waals surface area contributed by atoms with Crippen LogP contribution in [0.2, 0.25) is 0 Å². The molecule has 0 spiro atoms. The number of hydrogen-bond acceptors (Lipinski definition) is 3. The van der Waals surface area contributed by atoms with Gasteiger partial charge in [-0.05, 0) is 72.2 Å². The summed E-state index contributed by atoms with van der Waals surface area (Å²) < 4.78 is 9.67. The van der Waals surface area contributed by atoms with Crippen molar-refractivity contribution in [2.24, 2.45) is 5.10 Å². The summed E-state index contributed by atoms with van der Waals surface area (Å²) in [6.45, 7) is 4.06. The molecule has 0 saturated carbocycles. The van der Waals surface area contributed by atoms with E-state index in [4.69, 9.17) is 4.42 Å². The highest BCUT2D eigenvalue weighted by Crippen LogP contribution is 2.26. The summed E-state index contributed by atoms with van der Waals surface area (Å²) in [6.07, 6.45) is 1.65. The van der Waals surface area contributed by atoms with Crippen molar-refractivity contribution in [1.29, 1.82) is 0 Å². The van der Waals surface area contributed by atoms with E-state index < -0.39 is 5.91 Å². The van der Waals surface area contributed by atoms with E-state index >= 15 is 0 Å². The van der Waals surface area contributed by atoms with E-state index in [1.807, 2.05) is 62.4 Å². The minimum atomic E-state index is -0.395. The average Bonchev–Trinajstić information content (AvgIpc) is 3.23. The van der Waals surface area contributed by atoms with Crippen LogP contribution in [-0.2, 0) is 0 Å². The van der Waals surface area contributed by atoms with Gasteiger partial charge in [-0.25, -0.2) is 5.43 Å². The van der Waals surface area contributed by atoms with Gasteiger partial charge in [0, 0.05) is 31.3 Å². The Bertz CT molecular complexity index is 1250. The van der Waals surface area contributed by atoms with Crippen LogP contribution in [0.5, 0.6) is 0 Å². The fraction of sp³-hybridized carbons (Fsp3) is 0.0909. The lowest BCUT2D eigenvalue weighted by Gasteiger charge is -2.11. The zero-order valence-corrected chi connectivity index (χ0v) is 18.9. The predicted octanol–water partition coefficient (Wildman–Crippen LogP) is 6.13. The number of benzene rings is 2. The molecule has 0 saturated heterocycles. The smallest absolute Gasteiger partial charge is 0.307 e. The molecule has 5 nitrogen and oxygen atoms in total. The number of rotatable bonds is 4. The molecule has 1 N–H and O–H groups in total. The summed E-state index contributed by atoms with van der Waals surface area (Å²) in [4.78, 5) is 12.4. The average molecular weight is 515 g/mol. The maximum absolute atomic E-state index is 12.4. The highest BCUT2D eigenvalue weighted by Gasteiger charge is 2.13. The SMILES string of the molecule is Cc1cc(/C=N/NC(=O)c2cc3cc(Br)ccc3o2)c(C)n1-c1ccccc1Br. The van der Waals surface area contributed by atoms with Crippen molar-refractivity contribution in [3.8, 4) is 5.69 Å². The van der Waals surface area contributed by atoms with Gasteiger partial charge in [0.2, 0.25) is 0 Å². The molecule has 2 aromatic carbocycles. The van der Waals surface area contributed by atoms with E-state index in [0.717, 1.165) is 37.0 Å². The molecule has 0 aliphatic carbocycles. The fourth-order valence-electron chi connectivity index (χ4n) is 3.26. The topological polar surface area (TPSA) is 59.5 Å². The number of aryl methyl sites for hydroxylation is 1. The number of para-hydroxylation sites is 1. The molecule has 1 amide bonds. The van der Waals surface area contributed by atoms with E-state index in [9.17, 15) is 4.79 Å². The molecule has 0 atom stereocenters. The third-order valence-electron chi connectivity index (χ3n) is 4.64. The lowest BCUT2D eigenvalue weighted by atomic mass is 10.2. The van der Waals surface area contributed by atoms with Crippen LogP contribution in [0.1, 0.15) is 27.5 Å². The molecule has 0 aliphatic rings. The number of aromatic nitrogens is 1. The number of carbonyl (C=O) groups excluding carboxylic acids is 1. The van der Waals surface area contributed by atoms with Gasteiger partial charge in [-0.3, -0.25) is 4.79 Å². The largest absolute Gasteiger partial charge is 0.451 e. The van der Waals surface area contributed by atoms with Gasteiger partial charge in [0.25, 0.3) is 0 Å². The van der Waals surface area contributed by atoms with Crippen molar-refractivity contribution in [2.45, 2.75) is 13.8 Å². The Morgan fingerprint density at radius 3 is 2.69 bits per heavy atom. The first kappa shape index (κ1) is 19.7. The van der Waals surface area contributed by atoms with Crippen molar-refractivity contribution >= 4 is 55.0 Å². The number of hydrogen-bond donors (Lipinski definition) is 1. The summed E-state index contributed by atoms with van der Waals surface area (Å²) in [7, 11) is 0. The number of halogens is 2. The Hall–Kier alpha value is -2.64. The number of fused-ring (bicyclic) bond motifs is 1. The number of hydrazone groups is 1. The standard InChI is InChI=1S/C22H17Br2N3O2/c1-13-9-16(14(2)27(13)19-6-4-3-5-18(19)24)12-25-26-22(28)21-11-15-10-17(23)7-8-20(15)29-21/h3-12H,1-2H3,(H,26,28)/b25-12+. The van der Waals surface area contributed by atoms with Crippen molar-refractivity contribution in [3.63, 3.8) is 0 Å². The molecule has 7 heteroatoms.